The van der Waals surface area contributed by atoms with Crippen molar-refractivity contribution in [1.82, 2.24) is 15.1 Å². The summed E-state index contributed by atoms with van der Waals surface area (Å²) in [5, 5.41) is 10.0. The van der Waals surface area contributed by atoms with Crippen LogP contribution < -0.4 is 15.0 Å². The fraction of sp³-hybridized carbons (Fsp3) is 0.286. The molecule has 2 heterocycles. The van der Waals surface area contributed by atoms with E-state index in [4.69, 9.17) is 4.74 Å². The molecule has 1 aliphatic rings. The van der Waals surface area contributed by atoms with Crippen LogP contribution in [0, 0.1) is 5.82 Å². The summed E-state index contributed by atoms with van der Waals surface area (Å²) < 4.78 is 61.8. The quantitative estimate of drug-likeness (QED) is 0.303. The molecule has 3 aromatic carbocycles. The highest BCUT2D eigenvalue weighted by atomic mass is 19.4. The molecule has 1 amide bonds. The molecule has 0 unspecified atom stereocenters. The SMILES string of the molecule is CCN1CCN(c2ccc(C(=O)Nc3n[nH]c4cc(-c5cccc(OC)c5F)ccc34)cc2C(F)(F)F)CC1. The van der Waals surface area contributed by atoms with Crippen molar-refractivity contribution in [3.05, 3.63) is 71.5 Å². The van der Waals surface area contributed by atoms with E-state index in [1.54, 1.807) is 35.2 Å². The van der Waals surface area contributed by atoms with Gasteiger partial charge in [-0.1, -0.05) is 25.1 Å². The van der Waals surface area contributed by atoms with Gasteiger partial charge in [0.1, 0.15) is 0 Å². The number of benzene rings is 3. The molecule has 0 atom stereocenters. The van der Waals surface area contributed by atoms with E-state index in [0.29, 0.717) is 48.2 Å². The van der Waals surface area contributed by atoms with Crippen LogP contribution in [0.1, 0.15) is 22.8 Å². The lowest BCUT2D eigenvalue weighted by Crippen LogP contribution is -2.46. The molecule has 0 bridgehead atoms. The number of H-pyrrole nitrogens is 1. The van der Waals surface area contributed by atoms with Crippen LogP contribution in [0.5, 0.6) is 5.75 Å². The zero-order chi connectivity index (χ0) is 27.7. The summed E-state index contributed by atoms with van der Waals surface area (Å²) in [5.41, 5.74) is 0.485. The van der Waals surface area contributed by atoms with Crippen LogP contribution in [0.25, 0.3) is 22.0 Å². The summed E-state index contributed by atoms with van der Waals surface area (Å²) in [7, 11) is 1.38. The fourth-order valence-corrected chi connectivity index (χ4v) is 4.84. The van der Waals surface area contributed by atoms with Gasteiger partial charge in [-0.3, -0.25) is 9.89 Å². The van der Waals surface area contributed by atoms with Crippen molar-refractivity contribution < 1.29 is 27.1 Å². The number of halogens is 4. The van der Waals surface area contributed by atoms with Crippen LogP contribution in [0.3, 0.4) is 0 Å². The third kappa shape index (κ3) is 5.26. The monoisotopic (exact) mass is 541 g/mol. The number of methoxy groups -OCH3 is 1. The number of alkyl halides is 3. The second kappa shape index (κ2) is 10.6. The third-order valence-electron chi connectivity index (χ3n) is 7.01. The van der Waals surface area contributed by atoms with Crippen molar-refractivity contribution >= 4 is 28.3 Å². The van der Waals surface area contributed by atoms with Gasteiger partial charge in [-0.2, -0.15) is 18.3 Å². The van der Waals surface area contributed by atoms with Gasteiger partial charge in [0.25, 0.3) is 5.91 Å². The summed E-state index contributed by atoms with van der Waals surface area (Å²) in [6.07, 6.45) is -4.63. The number of carbonyl (C=O) groups excluding carboxylic acids is 1. The molecule has 4 aromatic rings. The van der Waals surface area contributed by atoms with Gasteiger partial charge in [0.05, 0.1) is 18.2 Å². The van der Waals surface area contributed by atoms with Crippen molar-refractivity contribution in [2.75, 3.05) is 50.1 Å². The Morgan fingerprint density at radius 3 is 2.54 bits per heavy atom. The minimum absolute atomic E-state index is 0.0670. The Morgan fingerprint density at radius 1 is 1.08 bits per heavy atom. The molecular formula is C28H27F4N5O2. The Hall–Kier alpha value is -4.12. The van der Waals surface area contributed by atoms with E-state index in [9.17, 15) is 22.4 Å². The Labute approximate surface area is 222 Å². The average Bonchev–Trinajstić information content (AvgIpc) is 3.34. The van der Waals surface area contributed by atoms with Gasteiger partial charge < -0.3 is 19.9 Å². The number of nitrogens with zero attached hydrogens (tertiary/aromatic N) is 3. The minimum Gasteiger partial charge on any atom is -0.494 e. The topological polar surface area (TPSA) is 73.5 Å². The highest BCUT2D eigenvalue weighted by Crippen LogP contribution is 2.38. The molecular weight excluding hydrogens is 514 g/mol. The first kappa shape index (κ1) is 26.5. The highest BCUT2D eigenvalue weighted by molar-refractivity contribution is 6.08. The molecule has 1 fully saturated rings. The van der Waals surface area contributed by atoms with E-state index in [0.717, 1.165) is 12.6 Å². The molecule has 39 heavy (non-hydrogen) atoms. The summed E-state index contributed by atoms with van der Waals surface area (Å²) in [6, 6.07) is 13.4. The number of anilines is 2. The molecule has 204 valence electrons. The number of fused-ring (bicyclic) bond motifs is 1. The van der Waals surface area contributed by atoms with Crippen LogP contribution in [0.15, 0.2) is 54.6 Å². The number of piperazine rings is 1. The van der Waals surface area contributed by atoms with E-state index in [1.165, 1.54) is 25.3 Å². The summed E-state index contributed by atoms with van der Waals surface area (Å²) in [6.45, 7) is 5.17. The van der Waals surface area contributed by atoms with Gasteiger partial charge in [0, 0.05) is 48.4 Å². The van der Waals surface area contributed by atoms with Crippen molar-refractivity contribution in [2.45, 2.75) is 13.1 Å². The first-order chi connectivity index (χ1) is 18.7. The number of hydrogen-bond acceptors (Lipinski definition) is 5. The molecule has 1 saturated heterocycles. The summed E-state index contributed by atoms with van der Waals surface area (Å²) in [5.74, 6) is -0.971. The van der Waals surface area contributed by atoms with Crippen molar-refractivity contribution in [1.29, 1.82) is 0 Å². The van der Waals surface area contributed by atoms with E-state index in [2.05, 4.69) is 20.4 Å². The number of nitrogens with one attached hydrogen (secondary N) is 2. The molecule has 5 rings (SSSR count). The van der Waals surface area contributed by atoms with Gasteiger partial charge in [-0.15, -0.1) is 0 Å². The maximum Gasteiger partial charge on any atom is 0.418 e. The van der Waals surface area contributed by atoms with Crippen molar-refractivity contribution in [3.8, 4) is 16.9 Å². The van der Waals surface area contributed by atoms with Gasteiger partial charge in [0.2, 0.25) is 0 Å². The molecule has 7 nitrogen and oxygen atoms in total. The average molecular weight is 542 g/mol. The zero-order valence-corrected chi connectivity index (χ0v) is 21.4. The van der Waals surface area contributed by atoms with Crippen LogP contribution >= 0.6 is 0 Å². The smallest absolute Gasteiger partial charge is 0.418 e. The van der Waals surface area contributed by atoms with E-state index in [1.807, 2.05) is 6.92 Å². The number of ether oxygens (including phenoxy) is 1. The molecule has 0 spiro atoms. The van der Waals surface area contributed by atoms with Gasteiger partial charge in [-0.05, 0) is 48.5 Å². The first-order valence-corrected chi connectivity index (χ1v) is 12.5. The second-order valence-electron chi connectivity index (χ2n) is 9.26. The molecule has 11 heteroatoms. The predicted molar refractivity (Wildman–Crippen MR) is 142 cm³/mol. The van der Waals surface area contributed by atoms with E-state index in [-0.39, 0.29) is 22.8 Å². The molecule has 0 radical (unpaired) electrons. The number of aromatic amines is 1. The van der Waals surface area contributed by atoms with Gasteiger partial charge >= 0.3 is 6.18 Å². The Bertz CT molecular complexity index is 1510. The van der Waals surface area contributed by atoms with Crippen LogP contribution in [0.2, 0.25) is 0 Å². The lowest BCUT2D eigenvalue weighted by Gasteiger charge is -2.36. The molecule has 0 aliphatic carbocycles. The normalized spacial score (nSPS) is 14.6. The Balaban J connectivity index is 1.39. The minimum atomic E-state index is -4.63. The number of amides is 1. The fourth-order valence-electron chi connectivity index (χ4n) is 4.84. The molecule has 1 aromatic heterocycles. The maximum absolute atomic E-state index is 14.7. The van der Waals surface area contributed by atoms with Crippen LogP contribution in [0.4, 0.5) is 29.1 Å². The first-order valence-electron chi connectivity index (χ1n) is 12.5. The second-order valence-corrected chi connectivity index (χ2v) is 9.26. The highest BCUT2D eigenvalue weighted by Gasteiger charge is 2.36. The van der Waals surface area contributed by atoms with Gasteiger partial charge in [-0.25, -0.2) is 4.39 Å². The van der Waals surface area contributed by atoms with Crippen LogP contribution in [-0.4, -0.2) is 60.8 Å². The number of aromatic nitrogens is 2. The Kier molecular flexibility index (Phi) is 7.17. The van der Waals surface area contributed by atoms with E-state index < -0.39 is 23.5 Å². The number of rotatable bonds is 6. The summed E-state index contributed by atoms with van der Waals surface area (Å²) in [4.78, 5) is 16.9. The number of likely N-dealkylation sites (N-methyl/N-ethyl adjacent to an activating group) is 1. The number of hydrogen-bond donors (Lipinski definition) is 2. The maximum atomic E-state index is 14.7. The molecule has 2 N–H and O–H groups in total. The van der Waals surface area contributed by atoms with Crippen molar-refractivity contribution in [3.63, 3.8) is 0 Å². The largest absolute Gasteiger partial charge is 0.494 e. The summed E-state index contributed by atoms with van der Waals surface area (Å²) >= 11 is 0. The lowest BCUT2D eigenvalue weighted by atomic mass is 10.0. The molecule has 1 aliphatic heterocycles. The van der Waals surface area contributed by atoms with E-state index >= 15 is 0 Å². The standard InChI is InChI=1S/C28H27F4N5O2/c1-3-36-11-13-37(14-12-36)23-10-8-18(15-21(23)28(30,31)32)27(38)33-26-20-9-7-17(16-22(20)34-35-26)19-5-4-6-24(39-2)25(19)29/h4-10,15-16H,3,11-14H2,1-2H3,(H2,33,34,35,38). The van der Waals surface area contributed by atoms with Crippen molar-refractivity contribution in [2.24, 2.45) is 0 Å². The van der Waals surface area contributed by atoms with Crippen LogP contribution in [-0.2, 0) is 6.18 Å². The predicted octanol–water partition coefficient (Wildman–Crippen LogP) is 5.79. The number of carbonyl (C=O) groups is 1. The molecule has 0 saturated carbocycles. The zero-order valence-electron chi connectivity index (χ0n) is 21.4. The lowest BCUT2D eigenvalue weighted by molar-refractivity contribution is -0.137. The third-order valence-corrected chi connectivity index (χ3v) is 7.01. The van der Waals surface area contributed by atoms with Gasteiger partial charge in [0.15, 0.2) is 17.4 Å². The Morgan fingerprint density at radius 2 is 1.85 bits per heavy atom.